The van der Waals surface area contributed by atoms with Crippen LogP contribution >= 0.6 is 11.6 Å². The van der Waals surface area contributed by atoms with Gasteiger partial charge in [0.05, 0.1) is 5.69 Å². The molecule has 164 valence electrons. The summed E-state index contributed by atoms with van der Waals surface area (Å²) in [6, 6.07) is 22.2. The number of hydrogen-bond acceptors (Lipinski definition) is 5. The van der Waals surface area contributed by atoms with Crippen LogP contribution in [0.25, 0.3) is 16.9 Å². The van der Waals surface area contributed by atoms with E-state index in [1.54, 1.807) is 35.1 Å². The van der Waals surface area contributed by atoms with E-state index in [4.69, 9.17) is 19.4 Å². The maximum absolute atomic E-state index is 12.4. The molecule has 0 aliphatic carbocycles. The van der Waals surface area contributed by atoms with Gasteiger partial charge in [0, 0.05) is 41.3 Å². The van der Waals surface area contributed by atoms with Crippen molar-refractivity contribution in [3.63, 3.8) is 0 Å². The molecular formula is C25H18BClN6O. The van der Waals surface area contributed by atoms with Crippen molar-refractivity contribution in [2.24, 2.45) is 0 Å². The minimum atomic E-state index is -0.266. The number of aromatic nitrogens is 4. The fraction of sp³-hybridized carbons (Fsp3) is 0.0400. The Morgan fingerprint density at radius 2 is 1.88 bits per heavy atom. The molecule has 5 aromatic rings. The van der Waals surface area contributed by atoms with E-state index in [1.807, 2.05) is 54.6 Å². The number of nitrogens with one attached hydrogen (secondary N) is 2. The average Bonchev–Trinajstić information content (AvgIpc) is 3.24. The van der Waals surface area contributed by atoms with Crippen LogP contribution in [0.3, 0.4) is 0 Å². The maximum Gasteiger partial charge on any atom is 0.274 e. The molecule has 0 fully saturated rings. The predicted octanol–water partition coefficient (Wildman–Crippen LogP) is 4.10. The molecule has 9 heteroatoms. The molecule has 3 heterocycles. The van der Waals surface area contributed by atoms with Crippen LogP contribution in [-0.4, -0.2) is 33.3 Å². The summed E-state index contributed by atoms with van der Waals surface area (Å²) in [4.78, 5) is 21.2. The van der Waals surface area contributed by atoms with Gasteiger partial charge >= 0.3 is 0 Å². The molecule has 3 aromatic heterocycles. The minimum absolute atomic E-state index is 0.266. The first-order valence-electron chi connectivity index (χ1n) is 10.5. The van der Waals surface area contributed by atoms with Crippen molar-refractivity contribution < 1.29 is 4.79 Å². The third-order valence-corrected chi connectivity index (χ3v) is 5.53. The minimum Gasteiger partial charge on any atom is -0.366 e. The van der Waals surface area contributed by atoms with Crippen molar-refractivity contribution in [3.05, 3.63) is 101 Å². The fourth-order valence-electron chi connectivity index (χ4n) is 3.56. The molecule has 0 atom stereocenters. The van der Waals surface area contributed by atoms with Gasteiger partial charge in [0.1, 0.15) is 19.4 Å². The molecule has 2 radical (unpaired) electrons. The molecular weight excluding hydrogens is 447 g/mol. The number of carbonyl (C=O) groups is 1. The van der Waals surface area contributed by atoms with E-state index in [1.165, 1.54) is 0 Å². The zero-order chi connectivity index (χ0) is 23.5. The van der Waals surface area contributed by atoms with Gasteiger partial charge in [-0.3, -0.25) is 9.78 Å². The second kappa shape index (κ2) is 9.37. The Bertz CT molecular complexity index is 1490. The van der Waals surface area contributed by atoms with Crippen LogP contribution in [0.5, 0.6) is 0 Å². The van der Waals surface area contributed by atoms with E-state index >= 15 is 0 Å². The van der Waals surface area contributed by atoms with Crippen LogP contribution in [-0.2, 0) is 6.54 Å². The largest absolute Gasteiger partial charge is 0.366 e. The summed E-state index contributed by atoms with van der Waals surface area (Å²) in [5.74, 6) is 0.442. The standard InChI is InChI=1S/C25H18BClN6O/c26-19-15-30-33-23(13-22(32-24(19)33)18-8-1-2-9-20(18)27)29-14-16-6-5-7-17(12-16)31-25(34)21-10-3-4-11-28-21/h1-13,15,29H,14H2,(H,31,34). The van der Waals surface area contributed by atoms with Gasteiger partial charge in [-0.15, -0.1) is 0 Å². The number of hydrogen-bond donors (Lipinski definition) is 2. The average molecular weight is 465 g/mol. The lowest BCUT2D eigenvalue weighted by molar-refractivity contribution is 0.102. The highest BCUT2D eigenvalue weighted by Gasteiger charge is 2.13. The normalized spacial score (nSPS) is 10.9. The zero-order valence-electron chi connectivity index (χ0n) is 17.9. The summed E-state index contributed by atoms with van der Waals surface area (Å²) < 4.78 is 1.66. The van der Waals surface area contributed by atoms with Crippen molar-refractivity contribution in [2.45, 2.75) is 6.54 Å². The second-order valence-electron chi connectivity index (χ2n) is 7.56. The summed E-state index contributed by atoms with van der Waals surface area (Å²) in [6.45, 7) is 0.480. The maximum atomic E-state index is 12.4. The molecule has 5 rings (SSSR count). The van der Waals surface area contributed by atoms with Crippen molar-refractivity contribution in [1.29, 1.82) is 0 Å². The number of benzene rings is 2. The fourth-order valence-corrected chi connectivity index (χ4v) is 3.79. The first-order chi connectivity index (χ1) is 16.6. The van der Waals surface area contributed by atoms with Crippen LogP contribution in [0.15, 0.2) is 85.2 Å². The summed E-state index contributed by atoms with van der Waals surface area (Å²) in [6.07, 6.45) is 3.15. The lowest BCUT2D eigenvalue weighted by Crippen LogP contribution is -2.13. The van der Waals surface area contributed by atoms with Gasteiger partial charge in [-0.1, -0.05) is 48.0 Å². The van der Waals surface area contributed by atoms with Crippen LogP contribution < -0.4 is 16.1 Å². The molecule has 1 amide bonds. The molecule has 0 aliphatic heterocycles. The SMILES string of the molecule is [B]c1cnn2c(NCc3cccc(NC(=O)c4ccccn4)c3)cc(-c3ccccc3Cl)nc12. The predicted molar refractivity (Wildman–Crippen MR) is 135 cm³/mol. The first-order valence-corrected chi connectivity index (χ1v) is 10.9. The van der Waals surface area contributed by atoms with Crippen molar-refractivity contribution in [1.82, 2.24) is 19.6 Å². The number of pyridine rings is 1. The molecule has 0 bridgehead atoms. The molecule has 2 N–H and O–H groups in total. The Hall–Kier alpha value is -4.17. The van der Waals surface area contributed by atoms with Crippen LogP contribution in [0.1, 0.15) is 16.1 Å². The van der Waals surface area contributed by atoms with Crippen molar-refractivity contribution >= 4 is 48.0 Å². The summed E-state index contributed by atoms with van der Waals surface area (Å²) >= 11 is 6.40. The van der Waals surface area contributed by atoms with Crippen LogP contribution in [0, 0.1) is 0 Å². The Balaban J connectivity index is 1.40. The number of fused-ring (bicyclic) bond motifs is 1. The Kier molecular flexibility index (Phi) is 5.97. The molecule has 0 aliphatic rings. The van der Waals surface area contributed by atoms with E-state index < -0.39 is 0 Å². The lowest BCUT2D eigenvalue weighted by atomic mass is 10.0. The van der Waals surface area contributed by atoms with Gasteiger partial charge in [0.25, 0.3) is 5.91 Å². The summed E-state index contributed by atoms with van der Waals surface area (Å²) in [5.41, 5.74) is 4.48. The van der Waals surface area contributed by atoms with Gasteiger partial charge in [-0.05, 0) is 41.4 Å². The Morgan fingerprint density at radius 1 is 1.03 bits per heavy atom. The number of anilines is 2. The Morgan fingerprint density at radius 3 is 2.71 bits per heavy atom. The number of carbonyl (C=O) groups excluding carboxylic acids is 1. The third kappa shape index (κ3) is 4.49. The highest BCUT2D eigenvalue weighted by molar-refractivity contribution is 6.36. The van der Waals surface area contributed by atoms with E-state index in [0.717, 1.165) is 11.1 Å². The van der Waals surface area contributed by atoms with E-state index in [-0.39, 0.29) is 5.91 Å². The molecule has 0 saturated carbocycles. The monoisotopic (exact) mass is 464 g/mol. The van der Waals surface area contributed by atoms with Crippen LogP contribution in [0.4, 0.5) is 11.5 Å². The van der Waals surface area contributed by atoms with E-state index in [0.29, 0.717) is 45.6 Å². The molecule has 34 heavy (non-hydrogen) atoms. The number of rotatable bonds is 6. The molecule has 0 saturated heterocycles. The summed E-state index contributed by atoms with van der Waals surface area (Å²) in [5, 5.41) is 11.2. The molecule has 7 nitrogen and oxygen atoms in total. The van der Waals surface area contributed by atoms with Gasteiger partial charge < -0.3 is 10.6 Å². The third-order valence-electron chi connectivity index (χ3n) is 5.20. The molecule has 0 unspecified atom stereocenters. The smallest absolute Gasteiger partial charge is 0.274 e. The number of nitrogens with zero attached hydrogens (tertiary/aromatic N) is 4. The molecule has 2 aromatic carbocycles. The Labute approximate surface area is 202 Å². The van der Waals surface area contributed by atoms with E-state index in [2.05, 4.69) is 25.7 Å². The van der Waals surface area contributed by atoms with Crippen molar-refractivity contribution in [2.75, 3.05) is 10.6 Å². The van der Waals surface area contributed by atoms with Gasteiger partial charge in [-0.2, -0.15) is 9.61 Å². The highest BCUT2D eigenvalue weighted by atomic mass is 35.5. The quantitative estimate of drug-likeness (QED) is 0.370. The second-order valence-corrected chi connectivity index (χ2v) is 7.97. The van der Waals surface area contributed by atoms with Gasteiger partial charge in [0.2, 0.25) is 0 Å². The topological polar surface area (TPSA) is 84.2 Å². The zero-order valence-corrected chi connectivity index (χ0v) is 18.7. The van der Waals surface area contributed by atoms with Gasteiger partial charge in [-0.25, -0.2) is 4.98 Å². The lowest BCUT2D eigenvalue weighted by Gasteiger charge is -2.13. The van der Waals surface area contributed by atoms with Gasteiger partial charge in [0.15, 0.2) is 5.65 Å². The summed E-state index contributed by atoms with van der Waals surface area (Å²) in [7, 11) is 6.10. The van der Waals surface area contributed by atoms with E-state index in [9.17, 15) is 4.79 Å². The first kappa shape index (κ1) is 21.7. The number of amides is 1. The highest BCUT2D eigenvalue weighted by Crippen LogP contribution is 2.28. The molecule has 0 spiro atoms. The number of halogens is 1. The van der Waals surface area contributed by atoms with Crippen molar-refractivity contribution in [3.8, 4) is 11.3 Å². The van der Waals surface area contributed by atoms with Crippen LogP contribution in [0.2, 0.25) is 5.02 Å².